The molecular weight excluding hydrogens is 278 g/mol. The van der Waals surface area contributed by atoms with Gasteiger partial charge in [0.25, 0.3) is 0 Å². The second kappa shape index (κ2) is 6.75. The number of esters is 1. The number of carbonyl (C=O) groups is 3. The van der Waals surface area contributed by atoms with Gasteiger partial charge in [0, 0.05) is 26.2 Å². The fourth-order valence-electron chi connectivity index (χ4n) is 2.00. The third-order valence-electron chi connectivity index (χ3n) is 2.99. The molecule has 2 amide bonds. The Morgan fingerprint density at radius 3 is 2.05 bits per heavy atom. The Balaban J connectivity index is 2.45. The van der Waals surface area contributed by atoms with Crippen LogP contribution >= 0.6 is 0 Å². The first-order valence-electron chi connectivity index (χ1n) is 6.84. The van der Waals surface area contributed by atoms with E-state index in [1.165, 1.54) is 9.80 Å². The first-order chi connectivity index (χ1) is 9.60. The van der Waals surface area contributed by atoms with Gasteiger partial charge in [0.1, 0.15) is 5.60 Å². The van der Waals surface area contributed by atoms with Crippen LogP contribution in [0.3, 0.4) is 0 Å². The van der Waals surface area contributed by atoms with Crippen LogP contribution in [0.1, 0.15) is 27.2 Å². The summed E-state index contributed by atoms with van der Waals surface area (Å²) in [6, 6.07) is -0.962. The number of nitrogens with two attached hydrogens (primary N) is 1. The van der Waals surface area contributed by atoms with Crippen LogP contribution in [0.5, 0.6) is 0 Å². The zero-order valence-corrected chi connectivity index (χ0v) is 12.7. The van der Waals surface area contributed by atoms with E-state index in [4.69, 9.17) is 15.6 Å². The maximum Gasteiger partial charge on any atom is 0.407 e. The van der Waals surface area contributed by atoms with Crippen molar-refractivity contribution in [3.05, 3.63) is 0 Å². The van der Waals surface area contributed by atoms with Gasteiger partial charge in [-0.15, -0.1) is 0 Å². The average molecular weight is 301 g/mol. The Hall–Kier alpha value is -1.83. The third-order valence-corrected chi connectivity index (χ3v) is 2.99. The number of piperazine rings is 1. The van der Waals surface area contributed by atoms with E-state index in [1.807, 2.05) is 0 Å². The van der Waals surface area contributed by atoms with Crippen LogP contribution in [0.2, 0.25) is 0 Å². The highest BCUT2D eigenvalue weighted by atomic mass is 16.6. The van der Waals surface area contributed by atoms with Crippen LogP contribution in [-0.4, -0.2) is 70.7 Å². The van der Waals surface area contributed by atoms with Gasteiger partial charge in [-0.3, -0.25) is 9.59 Å². The van der Waals surface area contributed by atoms with Crippen molar-refractivity contribution < 1.29 is 24.2 Å². The Bertz CT molecular complexity index is 411. The van der Waals surface area contributed by atoms with Crippen molar-refractivity contribution in [3.63, 3.8) is 0 Å². The molecular formula is C13H23N3O5. The van der Waals surface area contributed by atoms with E-state index in [0.717, 1.165) is 0 Å². The molecule has 0 bridgehead atoms. The van der Waals surface area contributed by atoms with Crippen molar-refractivity contribution in [3.8, 4) is 0 Å². The summed E-state index contributed by atoms with van der Waals surface area (Å²) in [6.07, 6.45) is -1.19. The molecule has 0 aliphatic carbocycles. The molecule has 1 heterocycles. The molecule has 21 heavy (non-hydrogen) atoms. The summed E-state index contributed by atoms with van der Waals surface area (Å²) in [4.78, 5) is 37.2. The second-order valence-corrected chi connectivity index (χ2v) is 5.99. The molecule has 120 valence electrons. The Labute approximate surface area is 123 Å². The minimum atomic E-state index is -1.000. The summed E-state index contributed by atoms with van der Waals surface area (Å²) < 4.78 is 5.12. The zero-order valence-electron chi connectivity index (χ0n) is 12.7. The fraction of sp³-hybridized carbons (Fsp3) is 0.769. The summed E-state index contributed by atoms with van der Waals surface area (Å²) in [5, 5.41) is 8.84. The van der Waals surface area contributed by atoms with E-state index in [9.17, 15) is 14.4 Å². The molecule has 0 aromatic rings. The molecule has 0 spiro atoms. The standard InChI is InChI=1S/C13H23N3O5/c1-13(2,3)21-10(17)8-9(14)11(18)15-4-6-16(7-5-15)12(19)20/h9H,4-8,14H2,1-3H3,(H,19,20)/t9-/m0/s1. The van der Waals surface area contributed by atoms with Crippen LogP contribution in [0, 0.1) is 0 Å². The van der Waals surface area contributed by atoms with Gasteiger partial charge < -0.3 is 25.4 Å². The Morgan fingerprint density at radius 1 is 1.14 bits per heavy atom. The number of hydrogen-bond acceptors (Lipinski definition) is 5. The molecule has 1 saturated heterocycles. The first-order valence-corrected chi connectivity index (χ1v) is 6.84. The van der Waals surface area contributed by atoms with E-state index < -0.39 is 23.7 Å². The van der Waals surface area contributed by atoms with E-state index in [-0.39, 0.29) is 38.5 Å². The highest BCUT2D eigenvalue weighted by Crippen LogP contribution is 2.10. The minimum absolute atomic E-state index is 0.185. The van der Waals surface area contributed by atoms with Gasteiger partial charge in [0.05, 0.1) is 12.5 Å². The predicted molar refractivity (Wildman–Crippen MR) is 74.6 cm³/mol. The molecule has 0 aromatic carbocycles. The molecule has 1 fully saturated rings. The van der Waals surface area contributed by atoms with E-state index in [1.54, 1.807) is 20.8 Å². The first kappa shape index (κ1) is 17.2. The number of rotatable bonds is 3. The monoisotopic (exact) mass is 301 g/mol. The number of ether oxygens (including phenoxy) is 1. The molecule has 0 aromatic heterocycles. The molecule has 1 aliphatic heterocycles. The highest BCUT2D eigenvalue weighted by Gasteiger charge is 2.29. The lowest BCUT2D eigenvalue weighted by atomic mass is 10.1. The van der Waals surface area contributed by atoms with E-state index >= 15 is 0 Å². The average Bonchev–Trinajstić information content (AvgIpc) is 2.35. The summed E-state index contributed by atoms with van der Waals surface area (Å²) >= 11 is 0. The lowest BCUT2D eigenvalue weighted by Gasteiger charge is -2.34. The maximum atomic E-state index is 12.1. The Kier molecular flexibility index (Phi) is 5.54. The molecule has 0 saturated carbocycles. The van der Waals surface area contributed by atoms with Gasteiger partial charge in [0.2, 0.25) is 5.91 Å². The number of carboxylic acid groups (broad SMARTS) is 1. The fourth-order valence-corrected chi connectivity index (χ4v) is 2.00. The minimum Gasteiger partial charge on any atom is -0.465 e. The summed E-state index contributed by atoms with van der Waals surface area (Å²) in [7, 11) is 0. The lowest BCUT2D eigenvalue weighted by Crippen LogP contribution is -2.54. The normalized spacial score (nSPS) is 17.3. The third kappa shape index (κ3) is 5.58. The maximum absolute atomic E-state index is 12.1. The molecule has 1 atom stereocenters. The molecule has 0 radical (unpaired) electrons. The molecule has 8 heteroatoms. The van der Waals surface area contributed by atoms with Crippen LogP contribution < -0.4 is 5.73 Å². The molecule has 0 unspecified atom stereocenters. The van der Waals surface area contributed by atoms with Crippen molar-refractivity contribution in [1.29, 1.82) is 0 Å². The van der Waals surface area contributed by atoms with Crippen molar-refractivity contribution in [1.82, 2.24) is 9.80 Å². The van der Waals surface area contributed by atoms with Gasteiger partial charge >= 0.3 is 12.1 Å². The van der Waals surface area contributed by atoms with E-state index in [0.29, 0.717) is 0 Å². The molecule has 1 aliphatic rings. The van der Waals surface area contributed by atoms with Gasteiger partial charge in [-0.2, -0.15) is 0 Å². The summed E-state index contributed by atoms with van der Waals surface area (Å²) in [6.45, 7) is 6.29. The van der Waals surface area contributed by atoms with Gasteiger partial charge in [0.15, 0.2) is 0 Å². The van der Waals surface area contributed by atoms with Crippen LogP contribution in [0.25, 0.3) is 0 Å². The van der Waals surface area contributed by atoms with E-state index in [2.05, 4.69) is 0 Å². The van der Waals surface area contributed by atoms with Crippen molar-refractivity contribution in [2.45, 2.75) is 38.8 Å². The van der Waals surface area contributed by atoms with Gasteiger partial charge in [-0.05, 0) is 20.8 Å². The van der Waals surface area contributed by atoms with Crippen LogP contribution in [-0.2, 0) is 14.3 Å². The Morgan fingerprint density at radius 2 is 1.62 bits per heavy atom. The smallest absolute Gasteiger partial charge is 0.407 e. The highest BCUT2D eigenvalue weighted by molar-refractivity contribution is 5.86. The van der Waals surface area contributed by atoms with Crippen molar-refractivity contribution in [2.24, 2.45) is 5.73 Å². The SMILES string of the molecule is CC(C)(C)OC(=O)C[C@H](N)C(=O)N1CCN(C(=O)O)CC1. The second-order valence-electron chi connectivity index (χ2n) is 5.99. The van der Waals surface area contributed by atoms with Gasteiger partial charge in [-0.25, -0.2) is 4.79 Å². The largest absolute Gasteiger partial charge is 0.465 e. The van der Waals surface area contributed by atoms with Crippen LogP contribution in [0.15, 0.2) is 0 Å². The molecule has 8 nitrogen and oxygen atoms in total. The lowest BCUT2D eigenvalue weighted by molar-refractivity contribution is -0.157. The molecule has 3 N–H and O–H groups in total. The number of carbonyl (C=O) groups excluding carboxylic acids is 2. The van der Waals surface area contributed by atoms with Crippen molar-refractivity contribution in [2.75, 3.05) is 26.2 Å². The van der Waals surface area contributed by atoms with Crippen molar-refractivity contribution >= 4 is 18.0 Å². The quantitative estimate of drug-likeness (QED) is 0.702. The van der Waals surface area contributed by atoms with Crippen LogP contribution in [0.4, 0.5) is 4.79 Å². The number of hydrogen-bond donors (Lipinski definition) is 2. The zero-order chi connectivity index (χ0) is 16.2. The summed E-state index contributed by atoms with van der Waals surface area (Å²) in [5.41, 5.74) is 5.12. The van der Waals surface area contributed by atoms with Gasteiger partial charge in [-0.1, -0.05) is 0 Å². The summed E-state index contributed by atoms with van der Waals surface area (Å²) in [5.74, 6) is -0.876. The number of amides is 2. The predicted octanol–water partition coefficient (Wildman–Crippen LogP) is -0.132. The molecule has 1 rings (SSSR count). The number of nitrogens with zero attached hydrogens (tertiary/aromatic N) is 2. The topological polar surface area (TPSA) is 113 Å².